The van der Waals surface area contributed by atoms with Crippen LogP contribution in [-0.4, -0.2) is 191 Å². The number of aliphatic hydroxyl groups is 1. The maximum atomic E-state index is 16.0. The van der Waals surface area contributed by atoms with Gasteiger partial charge in [0, 0.05) is 81.1 Å². The molecule has 3 aromatic rings. The summed E-state index contributed by atoms with van der Waals surface area (Å²) in [6.07, 6.45) is -3.09. The molecule has 22 heteroatoms. The maximum absolute atomic E-state index is 16.0. The fourth-order valence-electron chi connectivity index (χ4n) is 12.6. The smallest absolute Gasteiger partial charge is 0.477 e. The zero-order chi connectivity index (χ0) is 58.1. The van der Waals surface area contributed by atoms with Crippen LogP contribution in [-0.2, 0) is 54.0 Å². The van der Waals surface area contributed by atoms with Crippen molar-refractivity contribution < 1.29 is 71.7 Å². The third-order valence-corrected chi connectivity index (χ3v) is 17.1. The molecule has 14 atom stereocenters. The minimum Gasteiger partial charge on any atom is -0.477 e. The van der Waals surface area contributed by atoms with E-state index in [-0.39, 0.29) is 55.7 Å². The van der Waals surface area contributed by atoms with Gasteiger partial charge in [-0.2, -0.15) is 0 Å². The van der Waals surface area contributed by atoms with Gasteiger partial charge in [0.25, 0.3) is 0 Å². The molecule has 0 amide bonds. The van der Waals surface area contributed by atoms with Crippen molar-refractivity contribution in [3.05, 3.63) is 70.0 Å². The zero-order valence-electron chi connectivity index (χ0n) is 48.0. The summed E-state index contributed by atoms with van der Waals surface area (Å²) < 4.78 is 62.4. The third-order valence-electron chi connectivity index (χ3n) is 17.1. The largest absolute Gasteiger partial charge is 0.509 e. The number of carboxylic acids is 1. The molecule has 8 rings (SSSR count). The average molecular weight is 1120 g/mol. The summed E-state index contributed by atoms with van der Waals surface area (Å²) in [6.45, 7) is 16.6. The van der Waals surface area contributed by atoms with Crippen LogP contribution in [0.2, 0.25) is 0 Å². The van der Waals surface area contributed by atoms with Crippen molar-refractivity contribution in [3.8, 4) is 0 Å². The van der Waals surface area contributed by atoms with E-state index in [9.17, 15) is 39.0 Å². The molecule has 4 saturated heterocycles. The van der Waals surface area contributed by atoms with E-state index in [4.69, 9.17) is 33.2 Å². The minimum absolute atomic E-state index is 0.0119. The van der Waals surface area contributed by atoms with Gasteiger partial charge in [0.1, 0.15) is 41.4 Å². The Kier molecular flexibility index (Phi) is 18.7. The molecule has 5 aliphatic rings. The number of piperazine rings is 1. The number of benzene rings is 1. The molecular formula is C58H81FN6O15. The Morgan fingerprint density at radius 2 is 1.69 bits per heavy atom. The summed E-state index contributed by atoms with van der Waals surface area (Å²) in [6, 6.07) is 7.04. The van der Waals surface area contributed by atoms with E-state index >= 15 is 4.39 Å². The molecule has 80 heavy (non-hydrogen) atoms. The van der Waals surface area contributed by atoms with Crippen molar-refractivity contribution in [1.82, 2.24) is 24.3 Å². The Bertz CT molecular complexity index is 2790. The lowest BCUT2D eigenvalue weighted by atomic mass is 9.77. The molecule has 0 radical (unpaired) electrons. The van der Waals surface area contributed by atoms with Gasteiger partial charge in [0.15, 0.2) is 18.0 Å². The van der Waals surface area contributed by atoms with Gasteiger partial charge in [0.05, 0.1) is 41.8 Å². The molecule has 5 fully saturated rings. The van der Waals surface area contributed by atoms with Gasteiger partial charge in [-0.1, -0.05) is 26.8 Å². The number of carboxylic acid groups (broad SMARTS) is 1. The molecule has 0 unspecified atom stereocenters. The van der Waals surface area contributed by atoms with Gasteiger partial charge in [0.2, 0.25) is 5.43 Å². The lowest BCUT2D eigenvalue weighted by Crippen LogP contribution is -2.60. The molecule has 440 valence electrons. The van der Waals surface area contributed by atoms with Gasteiger partial charge >= 0.3 is 30.0 Å². The highest BCUT2D eigenvalue weighted by Gasteiger charge is 2.58. The Morgan fingerprint density at radius 1 is 0.975 bits per heavy atom. The highest BCUT2D eigenvalue weighted by Crippen LogP contribution is 2.43. The highest BCUT2D eigenvalue weighted by atomic mass is 19.1. The minimum atomic E-state index is -1.59. The van der Waals surface area contributed by atoms with Gasteiger partial charge < -0.3 is 57.7 Å². The summed E-state index contributed by atoms with van der Waals surface area (Å²) in [7, 11) is 5.58. The lowest BCUT2D eigenvalue weighted by molar-refractivity contribution is -0.301. The van der Waals surface area contributed by atoms with E-state index < -0.39 is 119 Å². The van der Waals surface area contributed by atoms with Crippen molar-refractivity contribution in [2.24, 2.45) is 17.8 Å². The van der Waals surface area contributed by atoms with Gasteiger partial charge in [-0.3, -0.25) is 34.0 Å². The topological polar surface area (TPSA) is 238 Å². The van der Waals surface area contributed by atoms with Crippen molar-refractivity contribution >= 4 is 46.6 Å². The number of fused-ring (bicyclic) bond motifs is 2. The Morgan fingerprint density at radius 3 is 2.33 bits per heavy atom. The molecule has 1 saturated carbocycles. The number of hydrogen-bond donors (Lipinski definition) is 2. The number of rotatable bonds is 14. The predicted molar refractivity (Wildman–Crippen MR) is 290 cm³/mol. The number of hydrogen-bond acceptors (Lipinski definition) is 19. The van der Waals surface area contributed by atoms with Crippen molar-refractivity contribution in [2.45, 2.75) is 173 Å². The number of halogens is 1. The molecular weight excluding hydrogens is 1040 g/mol. The van der Waals surface area contributed by atoms with E-state index in [1.807, 2.05) is 56.6 Å². The lowest BCUT2D eigenvalue weighted by Gasteiger charge is -2.48. The number of carbonyl (C=O) groups is 5. The number of carbonyl (C=O) groups excluding carboxylic acids is 4. The number of anilines is 1. The Hall–Kier alpha value is -5.78. The molecule has 4 aliphatic heterocycles. The van der Waals surface area contributed by atoms with Gasteiger partial charge in [-0.15, -0.1) is 0 Å². The Labute approximate surface area is 466 Å². The molecule has 2 N–H and O–H groups in total. The summed E-state index contributed by atoms with van der Waals surface area (Å²) in [5.41, 5.74) is -2.96. The number of likely N-dealkylation sites (N-methyl/N-ethyl adjacent to an activating group) is 2. The molecule has 2 aromatic heterocycles. The molecule has 1 aliphatic carbocycles. The number of pyridine rings is 2. The average Bonchev–Trinajstić information content (AvgIpc) is 4.30. The maximum Gasteiger partial charge on any atom is 0.509 e. The van der Waals surface area contributed by atoms with Gasteiger partial charge in [-0.25, -0.2) is 14.0 Å². The van der Waals surface area contributed by atoms with Crippen LogP contribution in [0.25, 0.3) is 10.9 Å². The van der Waals surface area contributed by atoms with Crippen LogP contribution >= 0.6 is 0 Å². The van der Waals surface area contributed by atoms with Crippen LogP contribution in [0.4, 0.5) is 14.9 Å². The number of cyclic esters (lactones) is 1. The monoisotopic (exact) mass is 1120 g/mol. The van der Waals surface area contributed by atoms with Crippen LogP contribution in [0.5, 0.6) is 0 Å². The Balaban J connectivity index is 1.10. The number of esters is 3. The molecule has 1 aromatic carbocycles. The van der Waals surface area contributed by atoms with Crippen LogP contribution in [0.1, 0.15) is 116 Å². The first kappa shape index (κ1) is 60.3. The number of nitrogens with zero attached hydrogens (tertiary/aromatic N) is 6. The van der Waals surface area contributed by atoms with E-state index in [0.717, 1.165) is 18.9 Å². The third kappa shape index (κ3) is 13.1. The summed E-state index contributed by atoms with van der Waals surface area (Å²) in [5.74, 6) is -6.55. The first-order valence-corrected chi connectivity index (χ1v) is 28.2. The van der Waals surface area contributed by atoms with Crippen LogP contribution < -0.4 is 10.3 Å². The number of aromatic carboxylic acids is 1. The molecule has 21 nitrogen and oxygen atoms in total. The second-order valence-electron chi connectivity index (χ2n) is 23.6. The number of ether oxygens (including phenoxy) is 7. The standard InChI is InChI=1S/C58H81FN6O15/c1-12-45-58(8)52(78-56(73)80-58)36(6)62(11)30-32(2)29-57(7,79-46(66)18-20-63-21-23-64(24-22-63)43-28-42-39(27-41(43)59)48(68)40(53(70)71)31-65(42)38-16-17-38)51(77-55-49(69)44(61(9)10)25-33(3)74-55)34(4)50(35(5)54(72)75-45)76-47(67)26-37-15-13-14-19-60-37/h13-15,19,27-28,31-36,38,44-45,49-52,55,69H,12,16-18,20-26,29-30H2,1-11H3,(H,70,71)/t32-,33-,34+,35-,36-,44+,45-,49-,50+,51-,52-,55+,57-,58-/m1/s1. The van der Waals surface area contributed by atoms with Crippen LogP contribution in [0.15, 0.2) is 47.5 Å². The zero-order valence-corrected chi connectivity index (χ0v) is 48.0. The highest BCUT2D eigenvalue weighted by molar-refractivity contribution is 5.93. The van der Waals surface area contributed by atoms with Crippen LogP contribution in [0, 0.1) is 23.6 Å². The predicted octanol–water partition coefficient (Wildman–Crippen LogP) is 5.60. The summed E-state index contributed by atoms with van der Waals surface area (Å²) in [5, 5.41) is 21.8. The number of aromatic nitrogens is 2. The SMILES string of the molecule is CC[C@H]1OC(=O)[C@H](C)[C@@H](OC(=O)Cc2ccccn2)[C@H](C)[C@@H](O[C@@H]2O[C@H](C)C[C@H](N(C)C)[C@H]2O)[C@](C)(OC(=O)CCN2CCN(c3cc4c(cc3F)c(=O)c(C(=O)O)cn4C3CC3)CC2)C[C@@H](C)CN(C)[C@H](C)[C@H]2OC(=O)O[C@@]21C. The van der Waals surface area contributed by atoms with Crippen molar-refractivity contribution in [1.29, 1.82) is 0 Å². The second-order valence-corrected chi connectivity index (χ2v) is 23.6. The first-order valence-electron chi connectivity index (χ1n) is 28.2. The molecule has 0 spiro atoms. The van der Waals surface area contributed by atoms with Gasteiger partial charge in [-0.05, 0) is 118 Å². The van der Waals surface area contributed by atoms with Crippen molar-refractivity contribution in [3.63, 3.8) is 0 Å². The van der Waals surface area contributed by atoms with E-state index in [2.05, 4.69) is 9.88 Å². The van der Waals surface area contributed by atoms with E-state index in [1.54, 1.807) is 69.6 Å². The summed E-state index contributed by atoms with van der Waals surface area (Å²) >= 11 is 0. The second kappa shape index (κ2) is 24.7. The summed E-state index contributed by atoms with van der Waals surface area (Å²) in [4.78, 5) is 94.0. The number of aliphatic hydroxyl groups excluding tert-OH is 1. The van der Waals surface area contributed by atoms with Crippen molar-refractivity contribution in [2.75, 3.05) is 65.3 Å². The first-order chi connectivity index (χ1) is 37.8. The van der Waals surface area contributed by atoms with E-state index in [1.165, 1.54) is 6.20 Å². The molecule has 6 heterocycles. The van der Waals surface area contributed by atoms with Crippen LogP contribution in [0.3, 0.4) is 0 Å². The quantitative estimate of drug-likeness (QED) is 0.148. The fourth-order valence-corrected chi connectivity index (χ4v) is 12.6. The van der Waals surface area contributed by atoms with E-state index in [0.29, 0.717) is 56.0 Å². The fraction of sp³-hybridized carbons (Fsp3) is 0.672. The normalized spacial score (nSPS) is 33.2. The molecule has 0 bridgehead atoms.